The summed E-state index contributed by atoms with van der Waals surface area (Å²) >= 11 is 1.95. The highest BCUT2D eigenvalue weighted by molar-refractivity contribution is 7.99. The SMILES string of the molecule is Cc1ccc(C#CCO)c(C(=O)NCC2CCCCS2)c1. The normalized spacial score (nSPS) is 17.7. The van der Waals surface area contributed by atoms with E-state index < -0.39 is 0 Å². The van der Waals surface area contributed by atoms with Crippen LogP contribution in [0, 0.1) is 18.8 Å². The van der Waals surface area contributed by atoms with Crippen molar-refractivity contribution in [3.05, 3.63) is 34.9 Å². The molecule has 1 amide bonds. The number of carbonyl (C=O) groups is 1. The molecule has 1 fully saturated rings. The second-order valence-corrected chi connectivity index (χ2v) is 6.62. The molecule has 0 aromatic heterocycles. The van der Waals surface area contributed by atoms with Crippen LogP contribution in [-0.4, -0.2) is 35.2 Å². The lowest BCUT2D eigenvalue weighted by molar-refractivity contribution is 0.0953. The molecule has 0 saturated carbocycles. The molecule has 1 aromatic carbocycles. The highest BCUT2D eigenvalue weighted by Gasteiger charge is 2.16. The summed E-state index contributed by atoms with van der Waals surface area (Å²) in [6, 6.07) is 5.61. The number of aliphatic hydroxyl groups is 1. The first kappa shape index (κ1) is 15.9. The predicted molar refractivity (Wildman–Crippen MR) is 87.6 cm³/mol. The number of nitrogens with one attached hydrogen (secondary N) is 1. The van der Waals surface area contributed by atoms with Gasteiger partial charge in [0.15, 0.2) is 0 Å². The average molecular weight is 303 g/mol. The Morgan fingerprint density at radius 3 is 3.05 bits per heavy atom. The Morgan fingerprint density at radius 1 is 1.48 bits per heavy atom. The van der Waals surface area contributed by atoms with E-state index in [9.17, 15) is 4.79 Å². The molecule has 1 atom stereocenters. The van der Waals surface area contributed by atoms with Crippen molar-refractivity contribution in [2.45, 2.75) is 31.4 Å². The minimum absolute atomic E-state index is 0.0767. The van der Waals surface area contributed by atoms with Crippen molar-refractivity contribution in [1.29, 1.82) is 0 Å². The molecule has 1 aliphatic rings. The van der Waals surface area contributed by atoms with E-state index in [1.807, 2.05) is 36.9 Å². The van der Waals surface area contributed by atoms with Crippen LogP contribution in [0.15, 0.2) is 18.2 Å². The third-order valence-corrected chi connectivity index (χ3v) is 4.88. The molecule has 1 heterocycles. The molecule has 0 spiro atoms. The van der Waals surface area contributed by atoms with E-state index in [4.69, 9.17) is 5.11 Å². The monoisotopic (exact) mass is 303 g/mol. The maximum atomic E-state index is 12.4. The third kappa shape index (κ3) is 4.80. The Kier molecular flexibility index (Phi) is 6.16. The minimum atomic E-state index is -0.201. The molecule has 0 radical (unpaired) electrons. The molecule has 1 saturated heterocycles. The Morgan fingerprint density at radius 2 is 2.33 bits per heavy atom. The number of carbonyl (C=O) groups excluding carboxylic acids is 1. The van der Waals surface area contributed by atoms with Crippen LogP contribution in [0.4, 0.5) is 0 Å². The van der Waals surface area contributed by atoms with E-state index in [-0.39, 0.29) is 12.5 Å². The fourth-order valence-electron chi connectivity index (χ4n) is 2.36. The number of aryl methyl sites for hydroxylation is 1. The summed E-state index contributed by atoms with van der Waals surface area (Å²) in [5, 5.41) is 12.4. The summed E-state index contributed by atoms with van der Waals surface area (Å²) in [5.41, 5.74) is 2.29. The van der Waals surface area contributed by atoms with Crippen LogP contribution in [0.2, 0.25) is 0 Å². The fraction of sp³-hybridized carbons (Fsp3) is 0.471. The van der Waals surface area contributed by atoms with Gasteiger partial charge in [-0.1, -0.05) is 29.9 Å². The molecular formula is C17H21NO2S. The van der Waals surface area contributed by atoms with Crippen LogP contribution in [0.1, 0.15) is 40.7 Å². The molecule has 21 heavy (non-hydrogen) atoms. The molecule has 1 aliphatic heterocycles. The van der Waals surface area contributed by atoms with Crippen molar-refractivity contribution in [3.8, 4) is 11.8 Å². The maximum absolute atomic E-state index is 12.4. The molecule has 1 unspecified atom stereocenters. The Bertz CT molecular complexity index is 554. The highest BCUT2D eigenvalue weighted by atomic mass is 32.2. The van der Waals surface area contributed by atoms with E-state index in [1.54, 1.807) is 0 Å². The zero-order valence-corrected chi connectivity index (χ0v) is 13.1. The summed E-state index contributed by atoms with van der Waals surface area (Å²) in [6.07, 6.45) is 3.72. The maximum Gasteiger partial charge on any atom is 0.252 e. The largest absolute Gasteiger partial charge is 0.384 e. The van der Waals surface area contributed by atoms with Crippen LogP contribution < -0.4 is 5.32 Å². The van der Waals surface area contributed by atoms with Crippen molar-refractivity contribution in [2.75, 3.05) is 18.9 Å². The summed E-state index contributed by atoms with van der Waals surface area (Å²) < 4.78 is 0. The summed E-state index contributed by atoms with van der Waals surface area (Å²) in [7, 11) is 0. The lowest BCUT2D eigenvalue weighted by Gasteiger charge is -2.21. The lowest BCUT2D eigenvalue weighted by Crippen LogP contribution is -2.32. The van der Waals surface area contributed by atoms with Gasteiger partial charge < -0.3 is 10.4 Å². The van der Waals surface area contributed by atoms with E-state index >= 15 is 0 Å². The van der Waals surface area contributed by atoms with Gasteiger partial charge in [-0.2, -0.15) is 11.8 Å². The van der Waals surface area contributed by atoms with Gasteiger partial charge in [-0.15, -0.1) is 0 Å². The van der Waals surface area contributed by atoms with Gasteiger partial charge in [0.1, 0.15) is 6.61 Å². The van der Waals surface area contributed by atoms with Crippen molar-refractivity contribution in [3.63, 3.8) is 0 Å². The first-order chi connectivity index (χ1) is 10.2. The van der Waals surface area contributed by atoms with Crippen molar-refractivity contribution in [1.82, 2.24) is 5.32 Å². The molecule has 3 nitrogen and oxygen atoms in total. The van der Waals surface area contributed by atoms with Gasteiger partial charge in [-0.25, -0.2) is 0 Å². The van der Waals surface area contributed by atoms with Crippen molar-refractivity contribution >= 4 is 17.7 Å². The van der Waals surface area contributed by atoms with Crippen molar-refractivity contribution in [2.24, 2.45) is 0 Å². The molecule has 2 rings (SSSR count). The van der Waals surface area contributed by atoms with E-state index in [0.29, 0.717) is 22.9 Å². The number of amides is 1. The molecule has 2 N–H and O–H groups in total. The molecule has 1 aromatic rings. The number of thioether (sulfide) groups is 1. The van der Waals surface area contributed by atoms with Crippen molar-refractivity contribution < 1.29 is 9.90 Å². The number of aliphatic hydroxyl groups excluding tert-OH is 1. The second kappa shape index (κ2) is 8.11. The molecule has 112 valence electrons. The number of hydrogen-bond donors (Lipinski definition) is 2. The Hall–Kier alpha value is -1.44. The van der Waals surface area contributed by atoms with Gasteiger partial charge in [0.05, 0.1) is 5.56 Å². The highest BCUT2D eigenvalue weighted by Crippen LogP contribution is 2.24. The summed E-state index contributed by atoms with van der Waals surface area (Å²) in [4.78, 5) is 12.4. The van der Waals surface area contributed by atoms with Crippen LogP contribution in [0.3, 0.4) is 0 Å². The topological polar surface area (TPSA) is 49.3 Å². The first-order valence-electron chi connectivity index (χ1n) is 7.31. The Labute approximate surface area is 130 Å². The van der Waals surface area contributed by atoms with E-state index in [2.05, 4.69) is 17.2 Å². The average Bonchev–Trinajstić information content (AvgIpc) is 2.52. The lowest BCUT2D eigenvalue weighted by atomic mass is 10.0. The standard InChI is InChI=1S/C17H21NO2S/c1-13-7-8-14(5-4-9-19)16(11-13)17(20)18-12-15-6-2-3-10-21-15/h7-8,11,15,19H,2-3,6,9-10,12H2,1H3,(H,18,20). The smallest absolute Gasteiger partial charge is 0.252 e. The van der Waals surface area contributed by atoms with Gasteiger partial charge in [-0.3, -0.25) is 4.79 Å². The van der Waals surface area contributed by atoms with Crippen LogP contribution in [-0.2, 0) is 0 Å². The van der Waals surface area contributed by atoms with Crippen LogP contribution >= 0.6 is 11.8 Å². The van der Waals surface area contributed by atoms with Gasteiger partial charge in [-0.05, 0) is 37.7 Å². The zero-order valence-electron chi connectivity index (χ0n) is 12.3. The molecule has 0 aliphatic carbocycles. The molecule has 4 heteroatoms. The molecule has 0 bridgehead atoms. The predicted octanol–water partition coefficient (Wildman–Crippen LogP) is 2.35. The zero-order chi connectivity index (χ0) is 15.1. The van der Waals surface area contributed by atoms with Gasteiger partial charge in [0.2, 0.25) is 0 Å². The van der Waals surface area contributed by atoms with E-state index in [0.717, 1.165) is 5.56 Å². The van der Waals surface area contributed by atoms with Gasteiger partial charge in [0.25, 0.3) is 5.91 Å². The summed E-state index contributed by atoms with van der Waals surface area (Å²) in [6.45, 7) is 2.47. The summed E-state index contributed by atoms with van der Waals surface area (Å²) in [5.74, 6) is 6.57. The van der Waals surface area contributed by atoms with Crippen LogP contribution in [0.5, 0.6) is 0 Å². The number of benzene rings is 1. The third-order valence-electron chi connectivity index (χ3n) is 3.49. The van der Waals surface area contributed by atoms with Gasteiger partial charge in [0, 0.05) is 17.4 Å². The quantitative estimate of drug-likeness (QED) is 0.843. The fourth-order valence-corrected chi connectivity index (χ4v) is 3.60. The number of rotatable bonds is 3. The molecular weight excluding hydrogens is 282 g/mol. The van der Waals surface area contributed by atoms with Gasteiger partial charge >= 0.3 is 0 Å². The minimum Gasteiger partial charge on any atom is -0.384 e. The Balaban J connectivity index is 2.04. The first-order valence-corrected chi connectivity index (χ1v) is 8.36. The van der Waals surface area contributed by atoms with Crippen LogP contribution in [0.25, 0.3) is 0 Å². The van der Waals surface area contributed by atoms with E-state index in [1.165, 1.54) is 25.0 Å². The number of hydrogen-bond acceptors (Lipinski definition) is 3. The second-order valence-electron chi connectivity index (χ2n) is 5.21.